The van der Waals surface area contributed by atoms with Crippen molar-refractivity contribution in [3.05, 3.63) is 214 Å². The van der Waals surface area contributed by atoms with Crippen molar-refractivity contribution in [2.24, 2.45) is 0 Å². The topological polar surface area (TPSA) is 8.82 Å². The Kier molecular flexibility index (Phi) is 28.7. The van der Waals surface area contributed by atoms with Crippen molar-refractivity contribution in [3.63, 3.8) is 0 Å². The Labute approximate surface area is 467 Å². The molecule has 4 aromatic heterocycles. The molecule has 0 spiro atoms. The van der Waals surface area contributed by atoms with Crippen molar-refractivity contribution in [2.75, 3.05) is 0 Å². The lowest BCUT2D eigenvalue weighted by Gasteiger charge is -2.19. The van der Waals surface area contributed by atoms with E-state index in [0.717, 1.165) is 12.8 Å². The molecule has 2 aliphatic rings. The van der Waals surface area contributed by atoms with Crippen LogP contribution in [0.25, 0.3) is 34.0 Å². The zero-order valence-corrected chi connectivity index (χ0v) is 53.1. The molecule has 0 atom stereocenters. The lowest BCUT2D eigenvalue weighted by molar-refractivity contribution is 0.586. The van der Waals surface area contributed by atoms with Crippen LogP contribution in [0.3, 0.4) is 0 Å². The number of hydrogen-bond acceptors (Lipinski definition) is 0. The SMILES string of the molecule is CC.CC.CC.CC.CC.CC(C)(C)c1ccc2c(c1)C=CC2.CC(C)(C)c1ccc2c(c1)CC=C2.CC(C)(C)c1ccc2ccccc2c1.CC(C)(C)c1ccc2cccn2c1.CC(C)(C)c1ccn2cccc2c1. The van der Waals surface area contributed by atoms with E-state index < -0.39 is 0 Å². The lowest BCUT2D eigenvalue weighted by atomic mass is 9.85. The summed E-state index contributed by atoms with van der Waals surface area (Å²) in [5.74, 6) is 0. The predicted octanol–water partition coefficient (Wildman–Crippen LogP) is 22.8. The van der Waals surface area contributed by atoms with Gasteiger partial charge in [0.05, 0.1) is 0 Å². The highest BCUT2D eigenvalue weighted by atomic mass is 14.9. The van der Waals surface area contributed by atoms with E-state index in [1.165, 1.54) is 71.9 Å². The van der Waals surface area contributed by atoms with Crippen LogP contribution in [-0.4, -0.2) is 8.80 Å². The van der Waals surface area contributed by atoms with Gasteiger partial charge in [-0.25, -0.2) is 0 Å². The van der Waals surface area contributed by atoms with Gasteiger partial charge < -0.3 is 8.80 Å². The highest BCUT2D eigenvalue weighted by Gasteiger charge is 2.18. The summed E-state index contributed by atoms with van der Waals surface area (Å²) in [5.41, 5.74) is 16.6. The van der Waals surface area contributed by atoms with Gasteiger partial charge in [0, 0.05) is 35.8 Å². The van der Waals surface area contributed by atoms with Gasteiger partial charge in [0.25, 0.3) is 0 Å². The summed E-state index contributed by atoms with van der Waals surface area (Å²) in [5, 5.41) is 2.65. The molecule has 0 amide bonds. The smallest absolute Gasteiger partial charge is 0.0452 e. The molecule has 4 aromatic carbocycles. The number of allylic oxidation sites excluding steroid dienone is 2. The van der Waals surface area contributed by atoms with Gasteiger partial charge in [-0.3, -0.25) is 0 Å². The number of hydrogen-bond donors (Lipinski definition) is 0. The second-order valence-corrected chi connectivity index (χ2v) is 23.4. The minimum Gasteiger partial charge on any atom is -0.324 e. The summed E-state index contributed by atoms with van der Waals surface area (Å²) in [6, 6.07) is 46.1. The van der Waals surface area contributed by atoms with Crippen molar-refractivity contribution < 1.29 is 0 Å². The molecule has 0 unspecified atom stereocenters. The third kappa shape index (κ3) is 21.3. The number of nitrogens with zero attached hydrogens (tertiary/aromatic N) is 2. The molecule has 414 valence electrons. The Bertz CT molecular complexity index is 2840. The Hall–Kier alpha value is -5.86. The number of rotatable bonds is 0. The van der Waals surface area contributed by atoms with Crippen molar-refractivity contribution in [1.82, 2.24) is 8.80 Å². The molecular weight excluding hydrogens is 917 g/mol. The molecule has 2 nitrogen and oxygen atoms in total. The average Bonchev–Trinajstić information content (AvgIpc) is 4.26. The summed E-state index contributed by atoms with van der Waals surface area (Å²) in [7, 11) is 0. The minimum absolute atomic E-state index is 0.235. The van der Waals surface area contributed by atoms with E-state index in [1.54, 1.807) is 0 Å². The van der Waals surface area contributed by atoms with Crippen LogP contribution in [0.2, 0.25) is 0 Å². The van der Waals surface area contributed by atoms with Crippen LogP contribution < -0.4 is 0 Å². The predicted molar refractivity (Wildman–Crippen MR) is 347 cm³/mol. The fourth-order valence-electron chi connectivity index (χ4n) is 8.07. The molecule has 2 aliphatic carbocycles. The molecule has 2 heteroatoms. The fraction of sp³-hybridized carbons (Fsp3) is 0.432. The van der Waals surface area contributed by atoms with Crippen LogP contribution in [-0.2, 0) is 39.9 Å². The standard InChI is InChI=1S/C14H16.2C13H16.2C12H15N.5C2H6/c1-14(2,3)13-9-8-11-6-4-5-7-12(11)10-13;2*1-13(2,3)12-8-7-10-5-4-6-11(10)9-12;1-12(2,3)10-6-7-11-5-4-8-13(11)9-10;1-12(2,3)10-6-8-13-7-4-5-11(13)9-10;5*1-2/h4-10H,1-3H3;4,6-9H,5H2,1-3H3;4-5,7-9H,6H2,1-3H3;2*4-9H,1-3H3;5*1-2H3. The Morgan fingerprint density at radius 3 is 1.30 bits per heavy atom. The van der Waals surface area contributed by atoms with Crippen LogP contribution in [0.4, 0.5) is 0 Å². The van der Waals surface area contributed by atoms with E-state index >= 15 is 0 Å². The first-order valence-corrected chi connectivity index (χ1v) is 29.1. The highest BCUT2D eigenvalue weighted by Crippen LogP contribution is 2.30. The van der Waals surface area contributed by atoms with Gasteiger partial charge in [-0.05, 0) is 143 Å². The first-order chi connectivity index (χ1) is 35.9. The lowest BCUT2D eigenvalue weighted by Crippen LogP contribution is -2.11. The maximum Gasteiger partial charge on any atom is 0.0452 e. The minimum atomic E-state index is 0.235. The van der Waals surface area contributed by atoms with Gasteiger partial charge in [-0.2, -0.15) is 0 Å². The quantitative estimate of drug-likeness (QED) is 0.143. The van der Waals surface area contributed by atoms with Crippen molar-refractivity contribution in [3.8, 4) is 0 Å². The number of fused-ring (bicyclic) bond motifs is 5. The monoisotopic (exact) mass is 1020 g/mol. The number of benzene rings is 4. The number of pyridine rings is 2. The molecule has 4 heterocycles. The van der Waals surface area contributed by atoms with Crippen molar-refractivity contribution in [2.45, 2.75) is 213 Å². The molecule has 0 bridgehead atoms. The summed E-state index contributed by atoms with van der Waals surface area (Å²) in [6.45, 7) is 53.7. The van der Waals surface area contributed by atoms with E-state index in [0.29, 0.717) is 0 Å². The Balaban J connectivity index is 0.000000455. The van der Waals surface area contributed by atoms with Crippen molar-refractivity contribution >= 4 is 34.0 Å². The van der Waals surface area contributed by atoms with Crippen LogP contribution in [0, 0.1) is 0 Å². The second kappa shape index (κ2) is 32.0. The zero-order valence-electron chi connectivity index (χ0n) is 53.1. The summed E-state index contributed by atoms with van der Waals surface area (Å²) in [4.78, 5) is 0. The number of aromatic nitrogens is 2. The second-order valence-electron chi connectivity index (χ2n) is 23.4. The maximum absolute atomic E-state index is 2.34. The van der Waals surface area contributed by atoms with Crippen LogP contribution in [0.1, 0.15) is 223 Å². The van der Waals surface area contributed by atoms with Gasteiger partial charge >= 0.3 is 0 Å². The van der Waals surface area contributed by atoms with E-state index in [2.05, 4.69) is 289 Å². The molecule has 8 aromatic rings. The van der Waals surface area contributed by atoms with Gasteiger partial charge in [0.2, 0.25) is 0 Å². The maximum atomic E-state index is 2.34. The fourth-order valence-corrected chi connectivity index (χ4v) is 8.07. The third-order valence-corrected chi connectivity index (χ3v) is 12.7. The molecule has 0 saturated heterocycles. The van der Waals surface area contributed by atoms with Crippen LogP contribution in [0.5, 0.6) is 0 Å². The molecule has 0 aliphatic heterocycles. The van der Waals surface area contributed by atoms with Crippen molar-refractivity contribution in [1.29, 1.82) is 0 Å². The van der Waals surface area contributed by atoms with Gasteiger partial charge in [0.15, 0.2) is 0 Å². The van der Waals surface area contributed by atoms with E-state index in [1.807, 2.05) is 69.2 Å². The van der Waals surface area contributed by atoms with Crippen LogP contribution in [0.15, 0.2) is 164 Å². The average molecular weight is 1030 g/mol. The van der Waals surface area contributed by atoms with E-state index in [-0.39, 0.29) is 27.1 Å². The molecule has 0 fully saturated rings. The third-order valence-electron chi connectivity index (χ3n) is 12.7. The van der Waals surface area contributed by atoms with E-state index in [4.69, 9.17) is 0 Å². The molecule has 0 saturated carbocycles. The summed E-state index contributed by atoms with van der Waals surface area (Å²) < 4.78 is 4.30. The van der Waals surface area contributed by atoms with Gasteiger partial charge in [-0.1, -0.05) is 282 Å². The van der Waals surface area contributed by atoms with Gasteiger partial charge in [-0.15, -0.1) is 0 Å². The Morgan fingerprint density at radius 1 is 0.303 bits per heavy atom. The Morgan fingerprint density at radius 2 is 0.737 bits per heavy atom. The zero-order chi connectivity index (χ0) is 58.1. The molecule has 0 radical (unpaired) electrons. The summed E-state index contributed by atoms with van der Waals surface area (Å²) in [6.07, 6.45) is 19.6. The normalized spacial score (nSPS) is 11.8. The van der Waals surface area contributed by atoms with Crippen LogP contribution >= 0.6 is 0 Å². The first kappa shape index (κ1) is 68.2. The highest BCUT2D eigenvalue weighted by molar-refractivity contribution is 5.83. The van der Waals surface area contributed by atoms with E-state index in [9.17, 15) is 0 Å². The molecular formula is C74H108N2. The summed E-state index contributed by atoms with van der Waals surface area (Å²) >= 11 is 0. The van der Waals surface area contributed by atoms with Gasteiger partial charge in [0.1, 0.15) is 0 Å². The molecule has 0 N–H and O–H groups in total. The first-order valence-electron chi connectivity index (χ1n) is 29.1. The largest absolute Gasteiger partial charge is 0.324 e. The molecule has 10 rings (SSSR count). The molecule has 76 heavy (non-hydrogen) atoms.